The molecular weight excluding hydrogens is 364 g/mol. The molecule has 2 aromatic carbocycles. The minimum atomic E-state index is -0.804. The van der Waals surface area contributed by atoms with Crippen LogP contribution in [0.2, 0.25) is 5.02 Å². The fraction of sp³-hybridized carbons (Fsp3) is 0.0588. The van der Waals surface area contributed by atoms with Gasteiger partial charge in [0.25, 0.3) is 11.6 Å². The molecule has 0 aliphatic heterocycles. The number of nitrogens with zero attached hydrogens (tertiary/aromatic N) is 1. The summed E-state index contributed by atoms with van der Waals surface area (Å²) in [5.74, 6) is -1.54. The van der Waals surface area contributed by atoms with Gasteiger partial charge in [-0.2, -0.15) is 0 Å². The van der Waals surface area contributed by atoms with Crippen LogP contribution >= 0.6 is 11.6 Å². The molecule has 0 bridgehead atoms. The highest BCUT2D eigenvalue weighted by Gasteiger charge is 2.17. The molecule has 1 aromatic heterocycles. The highest BCUT2D eigenvalue weighted by molar-refractivity contribution is 6.33. The molecule has 0 radical (unpaired) electrons. The number of esters is 1. The molecule has 3 aromatic rings. The minimum absolute atomic E-state index is 0.0348. The van der Waals surface area contributed by atoms with E-state index in [0.29, 0.717) is 5.58 Å². The Labute approximate surface area is 151 Å². The van der Waals surface area contributed by atoms with Crippen molar-refractivity contribution >= 4 is 45.8 Å². The van der Waals surface area contributed by atoms with Crippen molar-refractivity contribution in [1.82, 2.24) is 0 Å². The number of hydrogen-bond acceptors (Lipinski definition) is 6. The summed E-state index contributed by atoms with van der Waals surface area (Å²) in [6, 6.07) is 12.1. The van der Waals surface area contributed by atoms with E-state index in [4.69, 9.17) is 20.8 Å². The first-order valence-electron chi connectivity index (χ1n) is 7.33. The monoisotopic (exact) mass is 374 g/mol. The second-order valence-corrected chi connectivity index (χ2v) is 5.60. The van der Waals surface area contributed by atoms with Crippen LogP contribution in [0.15, 0.2) is 52.9 Å². The fourth-order valence-corrected chi connectivity index (χ4v) is 2.36. The maximum atomic E-state index is 12.0. The molecule has 1 heterocycles. The average molecular weight is 375 g/mol. The summed E-state index contributed by atoms with van der Waals surface area (Å²) in [4.78, 5) is 34.0. The van der Waals surface area contributed by atoms with Gasteiger partial charge in [-0.1, -0.05) is 29.8 Å². The zero-order valence-corrected chi connectivity index (χ0v) is 13.9. The lowest BCUT2D eigenvalue weighted by Gasteiger charge is -2.07. The van der Waals surface area contributed by atoms with E-state index < -0.39 is 23.4 Å². The van der Waals surface area contributed by atoms with Crippen LogP contribution in [0.1, 0.15) is 10.6 Å². The lowest BCUT2D eigenvalue weighted by atomic mass is 10.2. The Morgan fingerprint density at radius 1 is 1.19 bits per heavy atom. The van der Waals surface area contributed by atoms with E-state index >= 15 is 0 Å². The lowest BCUT2D eigenvalue weighted by molar-refractivity contribution is -0.384. The standard InChI is InChI=1S/C17H11ClN2O6/c18-12-6-5-11(20(23)24)8-13(12)19-16(21)9-25-17(22)15-7-10-3-1-2-4-14(10)26-15/h1-8H,9H2,(H,19,21). The number of hydrogen-bond donors (Lipinski definition) is 1. The Balaban J connectivity index is 1.62. The van der Waals surface area contributed by atoms with Crippen molar-refractivity contribution in [2.45, 2.75) is 0 Å². The van der Waals surface area contributed by atoms with Gasteiger partial charge < -0.3 is 14.5 Å². The highest BCUT2D eigenvalue weighted by atomic mass is 35.5. The molecule has 3 rings (SSSR count). The van der Waals surface area contributed by atoms with E-state index in [1.54, 1.807) is 24.3 Å². The molecule has 0 saturated carbocycles. The molecule has 0 spiro atoms. The number of ether oxygens (including phenoxy) is 1. The number of carbonyl (C=O) groups excluding carboxylic acids is 2. The van der Waals surface area contributed by atoms with Crippen molar-refractivity contribution < 1.29 is 23.7 Å². The maximum Gasteiger partial charge on any atom is 0.374 e. The lowest BCUT2D eigenvalue weighted by Crippen LogP contribution is -2.21. The summed E-state index contributed by atoms with van der Waals surface area (Å²) in [7, 11) is 0. The Morgan fingerprint density at radius 3 is 2.69 bits per heavy atom. The van der Waals surface area contributed by atoms with Gasteiger partial charge >= 0.3 is 5.97 Å². The number of nitro groups is 1. The molecule has 0 atom stereocenters. The molecule has 0 saturated heterocycles. The second kappa shape index (κ2) is 7.24. The third-order valence-corrected chi connectivity index (χ3v) is 3.73. The Kier molecular flexibility index (Phi) is 4.85. The first-order valence-corrected chi connectivity index (χ1v) is 7.71. The predicted octanol–water partition coefficient (Wildman–Crippen LogP) is 3.79. The number of rotatable bonds is 5. The Morgan fingerprint density at radius 2 is 1.96 bits per heavy atom. The van der Waals surface area contributed by atoms with Crippen molar-refractivity contribution in [2.75, 3.05) is 11.9 Å². The molecule has 0 aliphatic rings. The first kappa shape index (κ1) is 17.4. The molecule has 132 valence electrons. The third kappa shape index (κ3) is 3.81. The fourth-order valence-electron chi connectivity index (χ4n) is 2.19. The summed E-state index contributed by atoms with van der Waals surface area (Å²) in [5.41, 5.74) is 0.335. The maximum absolute atomic E-state index is 12.0. The number of nitro benzene ring substituents is 1. The molecule has 0 fully saturated rings. The van der Waals surface area contributed by atoms with E-state index in [1.807, 2.05) is 0 Å². The van der Waals surface area contributed by atoms with E-state index in [0.717, 1.165) is 11.5 Å². The molecule has 0 unspecified atom stereocenters. The van der Waals surface area contributed by atoms with Gasteiger partial charge in [-0.25, -0.2) is 4.79 Å². The SMILES string of the molecule is O=C(COC(=O)c1cc2ccccc2o1)Nc1cc([N+](=O)[O-])ccc1Cl. The molecule has 9 heteroatoms. The number of halogens is 1. The number of fused-ring (bicyclic) bond motifs is 1. The number of anilines is 1. The van der Waals surface area contributed by atoms with Gasteiger partial charge in [0, 0.05) is 17.5 Å². The van der Waals surface area contributed by atoms with Gasteiger partial charge in [0.15, 0.2) is 6.61 Å². The number of benzene rings is 2. The minimum Gasteiger partial charge on any atom is -0.450 e. The van der Waals surface area contributed by atoms with Crippen LogP contribution in [0, 0.1) is 10.1 Å². The number of amides is 1. The summed E-state index contributed by atoms with van der Waals surface area (Å²) in [6.45, 7) is -0.602. The van der Waals surface area contributed by atoms with Crippen LogP contribution in [0.25, 0.3) is 11.0 Å². The van der Waals surface area contributed by atoms with Gasteiger partial charge in [0.05, 0.1) is 15.6 Å². The Bertz CT molecular complexity index is 980. The molecule has 1 N–H and O–H groups in total. The van der Waals surface area contributed by atoms with E-state index in [9.17, 15) is 19.7 Å². The summed E-state index contributed by atoms with van der Waals surface area (Å²) < 4.78 is 10.2. The zero-order chi connectivity index (χ0) is 18.7. The van der Waals surface area contributed by atoms with Gasteiger partial charge in [-0.15, -0.1) is 0 Å². The van der Waals surface area contributed by atoms with Crippen molar-refractivity contribution in [1.29, 1.82) is 0 Å². The molecule has 1 amide bonds. The van der Waals surface area contributed by atoms with Crippen LogP contribution in [-0.2, 0) is 9.53 Å². The van der Waals surface area contributed by atoms with E-state index in [1.165, 1.54) is 18.2 Å². The van der Waals surface area contributed by atoms with Crippen molar-refractivity contribution in [2.24, 2.45) is 0 Å². The summed E-state index contributed by atoms with van der Waals surface area (Å²) >= 11 is 5.89. The highest BCUT2D eigenvalue weighted by Crippen LogP contribution is 2.26. The first-order chi connectivity index (χ1) is 12.4. The van der Waals surface area contributed by atoms with Crippen LogP contribution in [0.4, 0.5) is 11.4 Å². The molecule has 26 heavy (non-hydrogen) atoms. The van der Waals surface area contributed by atoms with Crippen LogP contribution in [-0.4, -0.2) is 23.4 Å². The number of non-ortho nitro benzene ring substituents is 1. The predicted molar refractivity (Wildman–Crippen MR) is 93.2 cm³/mol. The second-order valence-electron chi connectivity index (χ2n) is 5.19. The molecule has 8 nitrogen and oxygen atoms in total. The topological polar surface area (TPSA) is 112 Å². The van der Waals surface area contributed by atoms with Crippen LogP contribution in [0.5, 0.6) is 0 Å². The average Bonchev–Trinajstić information content (AvgIpc) is 3.05. The number of nitrogens with one attached hydrogen (secondary N) is 1. The van der Waals surface area contributed by atoms with Crippen LogP contribution < -0.4 is 5.32 Å². The van der Waals surface area contributed by atoms with Gasteiger partial charge in [-0.3, -0.25) is 14.9 Å². The smallest absolute Gasteiger partial charge is 0.374 e. The normalized spacial score (nSPS) is 10.5. The zero-order valence-electron chi connectivity index (χ0n) is 13.1. The molecule has 0 aliphatic carbocycles. The van der Waals surface area contributed by atoms with Gasteiger partial charge in [0.1, 0.15) is 5.58 Å². The number of para-hydroxylation sites is 1. The van der Waals surface area contributed by atoms with E-state index in [-0.39, 0.29) is 22.2 Å². The van der Waals surface area contributed by atoms with E-state index in [2.05, 4.69) is 5.32 Å². The van der Waals surface area contributed by atoms with Crippen LogP contribution in [0.3, 0.4) is 0 Å². The van der Waals surface area contributed by atoms with Crippen molar-refractivity contribution in [3.63, 3.8) is 0 Å². The quantitative estimate of drug-likeness (QED) is 0.413. The number of carbonyl (C=O) groups is 2. The number of furan rings is 1. The van der Waals surface area contributed by atoms with Crippen molar-refractivity contribution in [3.8, 4) is 0 Å². The van der Waals surface area contributed by atoms with Crippen molar-refractivity contribution in [3.05, 3.63) is 69.4 Å². The summed E-state index contributed by atoms with van der Waals surface area (Å²) in [6.07, 6.45) is 0. The molecular formula is C17H11ClN2O6. The van der Waals surface area contributed by atoms with Gasteiger partial charge in [-0.05, 0) is 18.2 Å². The summed E-state index contributed by atoms with van der Waals surface area (Å²) in [5, 5.41) is 14.0. The Hall–Kier alpha value is -3.39. The third-order valence-electron chi connectivity index (χ3n) is 3.40. The largest absolute Gasteiger partial charge is 0.450 e. The van der Waals surface area contributed by atoms with Gasteiger partial charge in [0.2, 0.25) is 5.76 Å².